The van der Waals surface area contributed by atoms with Gasteiger partial charge in [-0.15, -0.1) is 0 Å². The number of rotatable bonds is 3. The Balaban J connectivity index is 1.67. The van der Waals surface area contributed by atoms with Crippen molar-refractivity contribution in [2.75, 3.05) is 6.61 Å². The normalized spacial score (nSPS) is 38.3. The Morgan fingerprint density at radius 1 is 1.13 bits per heavy atom. The Kier molecular flexibility index (Phi) is 4.87. The molecule has 1 aromatic rings. The van der Waals surface area contributed by atoms with Crippen molar-refractivity contribution >= 4 is 5.78 Å². The predicted octanol–water partition coefficient (Wildman–Crippen LogP) is 4.87. The molecule has 0 amide bonds. The summed E-state index contributed by atoms with van der Waals surface area (Å²) in [5, 5.41) is 21.1. The van der Waals surface area contributed by atoms with Crippen molar-refractivity contribution in [3.05, 3.63) is 70.8 Å². The van der Waals surface area contributed by atoms with E-state index in [1.54, 1.807) is 11.6 Å². The molecule has 2 fully saturated rings. The first-order valence-electron chi connectivity index (χ1n) is 11.5. The highest BCUT2D eigenvalue weighted by atomic mass is 16.3. The van der Waals surface area contributed by atoms with Gasteiger partial charge in [0.2, 0.25) is 0 Å². The average molecular weight is 405 g/mol. The smallest absolute Gasteiger partial charge is 0.156 e. The van der Waals surface area contributed by atoms with Gasteiger partial charge >= 0.3 is 0 Å². The van der Waals surface area contributed by atoms with E-state index in [4.69, 9.17) is 0 Å². The standard InChI is InChI=1S/C27H32O3/c1-26-17-23(18-6-3-2-4-7-18)25-21-11-9-20(29)16-19(21)8-10-22(25)24(26)12-14-27(26,30)13-5-15-28/h2-7,13,16,22-24,28,30H,8-12,14-15,17H2,1H3/b13-5-/t22-,23+,24-,26-,27-/m0/s1. The third-order valence-corrected chi connectivity index (χ3v) is 8.65. The molecule has 4 aliphatic carbocycles. The van der Waals surface area contributed by atoms with Crippen molar-refractivity contribution in [3.63, 3.8) is 0 Å². The molecule has 3 nitrogen and oxygen atoms in total. The highest BCUT2D eigenvalue weighted by molar-refractivity contribution is 5.93. The Hall–Kier alpha value is -1.97. The van der Waals surface area contributed by atoms with Gasteiger partial charge in [-0.25, -0.2) is 0 Å². The number of aliphatic hydroxyl groups is 2. The van der Waals surface area contributed by atoms with Gasteiger partial charge in [-0.1, -0.05) is 55.0 Å². The van der Waals surface area contributed by atoms with E-state index in [-0.39, 0.29) is 23.7 Å². The Morgan fingerprint density at radius 2 is 1.93 bits per heavy atom. The molecule has 0 spiro atoms. The minimum atomic E-state index is -0.873. The summed E-state index contributed by atoms with van der Waals surface area (Å²) in [4.78, 5) is 12.1. The zero-order valence-corrected chi connectivity index (χ0v) is 17.8. The molecule has 0 unspecified atom stereocenters. The molecule has 5 rings (SSSR count). The van der Waals surface area contributed by atoms with E-state index in [0.717, 1.165) is 38.5 Å². The van der Waals surface area contributed by atoms with Crippen molar-refractivity contribution in [2.45, 2.75) is 63.4 Å². The van der Waals surface area contributed by atoms with Gasteiger partial charge in [0.1, 0.15) is 0 Å². The van der Waals surface area contributed by atoms with Crippen LogP contribution in [0.15, 0.2) is 65.3 Å². The van der Waals surface area contributed by atoms with Crippen molar-refractivity contribution in [2.24, 2.45) is 17.3 Å². The first kappa shape index (κ1) is 20.0. The molecular formula is C27H32O3. The van der Waals surface area contributed by atoms with E-state index in [9.17, 15) is 15.0 Å². The molecule has 0 saturated heterocycles. The first-order valence-corrected chi connectivity index (χ1v) is 11.5. The molecule has 0 heterocycles. The van der Waals surface area contributed by atoms with Gasteiger partial charge in [0, 0.05) is 17.8 Å². The third-order valence-electron chi connectivity index (χ3n) is 8.65. The number of aliphatic hydroxyl groups excluding tert-OH is 1. The molecule has 1 aromatic carbocycles. The monoisotopic (exact) mass is 404 g/mol. The van der Waals surface area contributed by atoms with Crippen LogP contribution in [0.1, 0.15) is 63.4 Å². The lowest BCUT2D eigenvalue weighted by molar-refractivity contribution is -0.114. The number of carbonyl (C=O) groups excluding carboxylic acids is 1. The second-order valence-corrected chi connectivity index (χ2v) is 9.95. The molecule has 2 N–H and O–H groups in total. The lowest BCUT2D eigenvalue weighted by Gasteiger charge is -2.54. The number of hydrogen-bond donors (Lipinski definition) is 2. The van der Waals surface area contributed by atoms with Crippen LogP contribution in [-0.2, 0) is 4.79 Å². The summed E-state index contributed by atoms with van der Waals surface area (Å²) < 4.78 is 0. The quantitative estimate of drug-likeness (QED) is 0.707. The van der Waals surface area contributed by atoms with Crippen LogP contribution >= 0.6 is 0 Å². The molecule has 2 saturated carbocycles. The molecule has 158 valence electrons. The van der Waals surface area contributed by atoms with Gasteiger partial charge in [-0.3, -0.25) is 4.79 Å². The minimum absolute atomic E-state index is 0.0356. The van der Waals surface area contributed by atoms with Gasteiger partial charge in [0.25, 0.3) is 0 Å². The van der Waals surface area contributed by atoms with E-state index in [2.05, 4.69) is 37.3 Å². The molecule has 0 bridgehead atoms. The Bertz CT molecular complexity index is 940. The number of allylic oxidation sites excluding steroid dienone is 4. The minimum Gasteiger partial charge on any atom is -0.392 e. The summed E-state index contributed by atoms with van der Waals surface area (Å²) in [6.07, 6.45) is 11.7. The van der Waals surface area contributed by atoms with Gasteiger partial charge in [-0.2, -0.15) is 0 Å². The zero-order chi connectivity index (χ0) is 20.9. The predicted molar refractivity (Wildman–Crippen MR) is 118 cm³/mol. The van der Waals surface area contributed by atoms with Crippen molar-refractivity contribution in [3.8, 4) is 0 Å². The van der Waals surface area contributed by atoms with E-state index in [1.165, 1.54) is 16.7 Å². The van der Waals surface area contributed by atoms with E-state index >= 15 is 0 Å². The summed E-state index contributed by atoms with van der Waals surface area (Å²) in [6, 6.07) is 10.7. The highest BCUT2D eigenvalue weighted by Gasteiger charge is 2.61. The maximum absolute atomic E-state index is 12.1. The van der Waals surface area contributed by atoms with Gasteiger partial charge in [0.15, 0.2) is 5.78 Å². The lowest BCUT2D eigenvalue weighted by Crippen LogP contribution is -2.50. The lowest BCUT2D eigenvalue weighted by atomic mass is 9.51. The Labute approximate surface area is 179 Å². The highest BCUT2D eigenvalue weighted by Crippen LogP contribution is 2.67. The molecule has 5 atom stereocenters. The summed E-state index contributed by atoms with van der Waals surface area (Å²) in [5.41, 5.74) is 4.51. The molecule has 0 aliphatic heterocycles. The van der Waals surface area contributed by atoms with E-state index in [1.807, 2.05) is 12.2 Å². The number of benzene rings is 1. The fourth-order valence-electron chi connectivity index (χ4n) is 7.20. The number of ketones is 1. The second kappa shape index (κ2) is 7.32. The van der Waals surface area contributed by atoms with Gasteiger partial charge in [-0.05, 0) is 73.1 Å². The number of carbonyl (C=O) groups is 1. The molecule has 0 aromatic heterocycles. The fraction of sp³-hybridized carbons (Fsp3) is 0.519. The zero-order valence-electron chi connectivity index (χ0n) is 17.8. The van der Waals surface area contributed by atoms with Crippen LogP contribution in [0.4, 0.5) is 0 Å². The van der Waals surface area contributed by atoms with Crippen LogP contribution in [0.25, 0.3) is 0 Å². The molecule has 3 heteroatoms. The van der Waals surface area contributed by atoms with Crippen molar-refractivity contribution in [1.29, 1.82) is 0 Å². The fourth-order valence-corrected chi connectivity index (χ4v) is 7.20. The maximum Gasteiger partial charge on any atom is 0.156 e. The Morgan fingerprint density at radius 3 is 2.70 bits per heavy atom. The van der Waals surface area contributed by atoms with Crippen molar-refractivity contribution in [1.82, 2.24) is 0 Å². The van der Waals surface area contributed by atoms with Crippen molar-refractivity contribution < 1.29 is 15.0 Å². The van der Waals surface area contributed by atoms with Crippen LogP contribution in [0, 0.1) is 17.3 Å². The van der Waals surface area contributed by atoms with Gasteiger partial charge < -0.3 is 10.2 Å². The summed E-state index contributed by atoms with van der Waals surface area (Å²) >= 11 is 0. The van der Waals surface area contributed by atoms with Crippen LogP contribution in [0.3, 0.4) is 0 Å². The summed E-state index contributed by atoms with van der Waals surface area (Å²) in [5.74, 6) is 1.45. The maximum atomic E-state index is 12.1. The molecule has 30 heavy (non-hydrogen) atoms. The van der Waals surface area contributed by atoms with E-state index in [0.29, 0.717) is 18.3 Å². The first-order chi connectivity index (χ1) is 14.5. The molecule has 4 aliphatic rings. The third kappa shape index (κ3) is 2.90. The van der Waals surface area contributed by atoms with Crippen LogP contribution in [0.5, 0.6) is 0 Å². The SMILES string of the molecule is C[C@]12C[C@H](c3ccccc3)C3=C4CCC(=O)C=C4CC[C@H]3[C@@H]1CC[C@@]2(O)/C=C\CO. The number of hydrogen-bond acceptors (Lipinski definition) is 3. The largest absolute Gasteiger partial charge is 0.392 e. The van der Waals surface area contributed by atoms with Gasteiger partial charge in [0.05, 0.1) is 12.2 Å². The average Bonchev–Trinajstić information content (AvgIpc) is 3.02. The summed E-state index contributed by atoms with van der Waals surface area (Å²) in [7, 11) is 0. The van der Waals surface area contributed by atoms with Crippen LogP contribution in [0.2, 0.25) is 0 Å². The van der Waals surface area contributed by atoms with Crippen LogP contribution < -0.4 is 0 Å². The van der Waals surface area contributed by atoms with E-state index < -0.39 is 5.60 Å². The van der Waals surface area contributed by atoms with Crippen LogP contribution in [-0.4, -0.2) is 28.2 Å². The summed E-state index contributed by atoms with van der Waals surface area (Å²) in [6.45, 7) is 2.24. The molecule has 0 radical (unpaired) electrons. The number of fused-ring (bicyclic) bond motifs is 4. The topological polar surface area (TPSA) is 57.5 Å². The molecular weight excluding hydrogens is 372 g/mol. The second-order valence-electron chi connectivity index (χ2n) is 9.95.